The SMILES string of the molecule is CCNC(Cc1csc(C)n1)c1ccc(OC)cc1. The van der Waals surface area contributed by atoms with E-state index in [1.165, 1.54) is 5.56 Å². The molecule has 2 rings (SSSR count). The molecule has 0 aliphatic carbocycles. The predicted molar refractivity (Wildman–Crippen MR) is 80.0 cm³/mol. The molecule has 1 aromatic carbocycles. The first-order chi connectivity index (χ1) is 9.22. The number of thiazole rings is 1. The van der Waals surface area contributed by atoms with E-state index in [2.05, 4.69) is 34.7 Å². The maximum absolute atomic E-state index is 5.20. The van der Waals surface area contributed by atoms with Gasteiger partial charge in [-0.15, -0.1) is 11.3 Å². The number of aromatic nitrogens is 1. The smallest absolute Gasteiger partial charge is 0.118 e. The molecular weight excluding hydrogens is 256 g/mol. The molecule has 0 aliphatic rings. The van der Waals surface area contributed by atoms with Crippen molar-refractivity contribution in [3.8, 4) is 5.75 Å². The van der Waals surface area contributed by atoms with Crippen LogP contribution in [0.4, 0.5) is 0 Å². The summed E-state index contributed by atoms with van der Waals surface area (Å²) in [6.07, 6.45) is 0.921. The molecule has 0 amide bonds. The second-order valence-electron chi connectivity index (χ2n) is 4.45. The van der Waals surface area contributed by atoms with Gasteiger partial charge in [-0.2, -0.15) is 0 Å². The fourth-order valence-corrected chi connectivity index (χ4v) is 2.73. The third-order valence-electron chi connectivity index (χ3n) is 3.05. The van der Waals surface area contributed by atoms with Crippen LogP contribution in [0.2, 0.25) is 0 Å². The summed E-state index contributed by atoms with van der Waals surface area (Å²) >= 11 is 1.71. The highest BCUT2D eigenvalue weighted by Crippen LogP contribution is 2.22. The number of likely N-dealkylation sites (N-methyl/N-ethyl adjacent to an activating group) is 1. The standard InChI is InChI=1S/C15H20N2OS/c1-4-16-15(9-13-10-19-11(2)17-13)12-5-7-14(18-3)8-6-12/h5-8,10,15-16H,4,9H2,1-3H3. The summed E-state index contributed by atoms with van der Waals surface area (Å²) in [6.45, 7) is 5.12. The summed E-state index contributed by atoms with van der Waals surface area (Å²) in [5.41, 5.74) is 2.43. The van der Waals surface area contributed by atoms with E-state index in [-0.39, 0.29) is 0 Å². The molecule has 0 saturated carbocycles. The van der Waals surface area contributed by atoms with E-state index >= 15 is 0 Å². The number of ether oxygens (including phenoxy) is 1. The van der Waals surface area contributed by atoms with Gasteiger partial charge in [0.25, 0.3) is 0 Å². The highest BCUT2D eigenvalue weighted by Gasteiger charge is 2.12. The van der Waals surface area contributed by atoms with Crippen LogP contribution in [0, 0.1) is 6.92 Å². The van der Waals surface area contributed by atoms with Crippen molar-refractivity contribution < 1.29 is 4.74 Å². The Kier molecular flexibility index (Phi) is 4.93. The van der Waals surface area contributed by atoms with E-state index in [0.717, 1.165) is 29.4 Å². The van der Waals surface area contributed by atoms with Gasteiger partial charge in [0.05, 0.1) is 17.8 Å². The van der Waals surface area contributed by atoms with E-state index in [9.17, 15) is 0 Å². The van der Waals surface area contributed by atoms with E-state index in [4.69, 9.17) is 4.74 Å². The van der Waals surface area contributed by atoms with Gasteiger partial charge >= 0.3 is 0 Å². The van der Waals surface area contributed by atoms with Gasteiger partial charge in [0.15, 0.2) is 0 Å². The van der Waals surface area contributed by atoms with Gasteiger partial charge in [-0.3, -0.25) is 0 Å². The Labute approximate surface area is 118 Å². The first kappa shape index (κ1) is 14.0. The quantitative estimate of drug-likeness (QED) is 0.878. The molecule has 1 N–H and O–H groups in total. The zero-order chi connectivity index (χ0) is 13.7. The summed E-state index contributed by atoms with van der Waals surface area (Å²) in [4.78, 5) is 4.55. The van der Waals surface area contributed by atoms with Crippen molar-refractivity contribution >= 4 is 11.3 Å². The number of nitrogens with one attached hydrogen (secondary N) is 1. The van der Waals surface area contributed by atoms with Gasteiger partial charge in [0, 0.05) is 17.8 Å². The number of hydrogen-bond donors (Lipinski definition) is 1. The normalized spacial score (nSPS) is 12.4. The molecular formula is C15H20N2OS. The Morgan fingerprint density at radius 1 is 1.32 bits per heavy atom. The lowest BCUT2D eigenvalue weighted by Gasteiger charge is -2.17. The zero-order valence-electron chi connectivity index (χ0n) is 11.6. The van der Waals surface area contributed by atoms with Gasteiger partial charge in [-0.25, -0.2) is 4.98 Å². The van der Waals surface area contributed by atoms with Crippen LogP contribution in [0.1, 0.15) is 29.2 Å². The van der Waals surface area contributed by atoms with Crippen molar-refractivity contribution in [1.29, 1.82) is 0 Å². The van der Waals surface area contributed by atoms with Crippen molar-refractivity contribution in [3.63, 3.8) is 0 Å². The van der Waals surface area contributed by atoms with Crippen LogP contribution in [0.25, 0.3) is 0 Å². The maximum Gasteiger partial charge on any atom is 0.118 e. The molecule has 0 spiro atoms. The Balaban J connectivity index is 2.13. The Morgan fingerprint density at radius 2 is 2.05 bits per heavy atom. The molecule has 0 aliphatic heterocycles. The lowest BCUT2D eigenvalue weighted by atomic mass is 10.0. The molecule has 1 aromatic heterocycles. The zero-order valence-corrected chi connectivity index (χ0v) is 12.5. The second-order valence-corrected chi connectivity index (χ2v) is 5.51. The third-order valence-corrected chi connectivity index (χ3v) is 3.87. The number of hydrogen-bond acceptors (Lipinski definition) is 4. The second kappa shape index (κ2) is 6.68. The fourth-order valence-electron chi connectivity index (χ4n) is 2.10. The third kappa shape index (κ3) is 3.78. The molecule has 4 heteroatoms. The lowest BCUT2D eigenvalue weighted by Crippen LogP contribution is -2.23. The molecule has 1 unspecified atom stereocenters. The van der Waals surface area contributed by atoms with Crippen LogP contribution >= 0.6 is 11.3 Å². The highest BCUT2D eigenvalue weighted by atomic mass is 32.1. The number of aryl methyl sites for hydroxylation is 1. The number of methoxy groups -OCH3 is 1. The molecule has 2 aromatic rings. The fraction of sp³-hybridized carbons (Fsp3) is 0.400. The molecule has 0 fully saturated rings. The van der Waals surface area contributed by atoms with Gasteiger partial charge in [-0.1, -0.05) is 19.1 Å². The Hall–Kier alpha value is -1.39. The average Bonchev–Trinajstić information content (AvgIpc) is 2.84. The van der Waals surface area contributed by atoms with Gasteiger partial charge in [0.1, 0.15) is 5.75 Å². The van der Waals surface area contributed by atoms with Crippen LogP contribution in [0.15, 0.2) is 29.6 Å². The molecule has 0 saturated heterocycles. The van der Waals surface area contributed by atoms with Crippen molar-refractivity contribution in [2.45, 2.75) is 26.3 Å². The molecule has 1 heterocycles. The van der Waals surface area contributed by atoms with Crippen molar-refractivity contribution in [1.82, 2.24) is 10.3 Å². The van der Waals surface area contributed by atoms with Crippen molar-refractivity contribution in [3.05, 3.63) is 45.9 Å². The predicted octanol–water partition coefficient (Wildman–Crippen LogP) is 3.35. The van der Waals surface area contributed by atoms with Crippen LogP contribution < -0.4 is 10.1 Å². The van der Waals surface area contributed by atoms with Crippen LogP contribution in [-0.2, 0) is 6.42 Å². The largest absolute Gasteiger partial charge is 0.497 e. The van der Waals surface area contributed by atoms with Crippen molar-refractivity contribution in [2.75, 3.05) is 13.7 Å². The maximum atomic E-state index is 5.20. The topological polar surface area (TPSA) is 34.2 Å². The highest BCUT2D eigenvalue weighted by molar-refractivity contribution is 7.09. The summed E-state index contributed by atoms with van der Waals surface area (Å²) in [7, 11) is 1.69. The lowest BCUT2D eigenvalue weighted by molar-refractivity contribution is 0.414. The minimum absolute atomic E-state index is 0.303. The number of nitrogens with zero attached hydrogens (tertiary/aromatic N) is 1. The minimum atomic E-state index is 0.303. The van der Waals surface area contributed by atoms with E-state index < -0.39 is 0 Å². The monoisotopic (exact) mass is 276 g/mol. The Morgan fingerprint density at radius 3 is 2.58 bits per heavy atom. The van der Waals surface area contributed by atoms with E-state index in [1.54, 1.807) is 18.4 Å². The minimum Gasteiger partial charge on any atom is -0.497 e. The summed E-state index contributed by atoms with van der Waals surface area (Å²) in [5, 5.41) is 6.78. The van der Waals surface area contributed by atoms with E-state index in [1.807, 2.05) is 19.1 Å². The molecule has 0 bridgehead atoms. The first-order valence-electron chi connectivity index (χ1n) is 6.51. The summed E-state index contributed by atoms with van der Waals surface area (Å²) < 4.78 is 5.20. The summed E-state index contributed by atoms with van der Waals surface area (Å²) in [6, 6.07) is 8.55. The molecule has 102 valence electrons. The number of rotatable bonds is 6. The molecule has 1 atom stereocenters. The van der Waals surface area contributed by atoms with Gasteiger partial charge in [-0.05, 0) is 31.2 Å². The van der Waals surface area contributed by atoms with E-state index in [0.29, 0.717) is 6.04 Å². The Bertz CT molecular complexity index is 507. The van der Waals surface area contributed by atoms with Crippen LogP contribution in [-0.4, -0.2) is 18.6 Å². The molecule has 19 heavy (non-hydrogen) atoms. The van der Waals surface area contributed by atoms with Crippen LogP contribution in [0.5, 0.6) is 5.75 Å². The van der Waals surface area contributed by atoms with Gasteiger partial charge < -0.3 is 10.1 Å². The number of benzene rings is 1. The first-order valence-corrected chi connectivity index (χ1v) is 7.39. The average molecular weight is 276 g/mol. The molecule has 0 radical (unpaired) electrons. The van der Waals surface area contributed by atoms with Gasteiger partial charge in [0.2, 0.25) is 0 Å². The van der Waals surface area contributed by atoms with Crippen molar-refractivity contribution in [2.24, 2.45) is 0 Å². The molecule has 3 nitrogen and oxygen atoms in total. The van der Waals surface area contributed by atoms with Crippen LogP contribution in [0.3, 0.4) is 0 Å². The summed E-state index contributed by atoms with van der Waals surface area (Å²) in [5.74, 6) is 0.892.